The van der Waals surface area contributed by atoms with Gasteiger partial charge in [-0.25, -0.2) is 4.39 Å². The van der Waals surface area contributed by atoms with Crippen molar-refractivity contribution < 1.29 is 9.13 Å². The summed E-state index contributed by atoms with van der Waals surface area (Å²) in [5.41, 5.74) is 2.83. The molecule has 0 bridgehead atoms. The topological polar surface area (TPSA) is 47.3 Å². The normalized spacial score (nSPS) is 20.2. The van der Waals surface area contributed by atoms with Gasteiger partial charge in [0.05, 0.1) is 6.10 Å². The minimum absolute atomic E-state index is 0.160. The van der Waals surface area contributed by atoms with E-state index in [0.717, 1.165) is 31.6 Å². The molecule has 1 aliphatic rings. The third kappa shape index (κ3) is 5.05. The lowest BCUT2D eigenvalue weighted by Gasteiger charge is -2.16. The highest BCUT2D eigenvalue weighted by Gasteiger charge is 2.16. The first kappa shape index (κ1) is 15.8. The number of ether oxygens (including phenoxy) is 1. The third-order valence-electron chi connectivity index (χ3n) is 3.62. The molecule has 3 N–H and O–H groups in total. The highest BCUT2D eigenvalue weighted by molar-refractivity contribution is 7.99. The molecule has 1 heterocycles. The van der Waals surface area contributed by atoms with Crippen LogP contribution in [-0.4, -0.2) is 24.5 Å². The molecule has 1 aromatic rings. The van der Waals surface area contributed by atoms with Crippen molar-refractivity contribution in [2.75, 3.05) is 12.4 Å². The minimum atomic E-state index is -0.160. The Morgan fingerprint density at radius 2 is 2.30 bits per heavy atom. The monoisotopic (exact) mass is 298 g/mol. The third-order valence-corrected chi connectivity index (χ3v) is 4.83. The van der Waals surface area contributed by atoms with E-state index in [4.69, 9.17) is 10.6 Å². The molecule has 1 fully saturated rings. The summed E-state index contributed by atoms with van der Waals surface area (Å²) in [6.45, 7) is 0.909. The van der Waals surface area contributed by atoms with Crippen molar-refractivity contribution in [1.29, 1.82) is 0 Å². The van der Waals surface area contributed by atoms with E-state index in [1.807, 2.05) is 6.07 Å². The number of hydrogen-bond acceptors (Lipinski definition) is 4. The Balaban J connectivity index is 1.68. The minimum Gasteiger partial charge on any atom is -0.378 e. The molecular weight excluding hydrogens is 275 g/mol. The fraction of sp³-hybridized carbons (Fsp3) is 0.600. The SMILES string of the molecule is NNC(CCCC1CCCO1)CSc1ccccc1F. The second-order valence-electron chi connectivity index (χ2n) is 5.17. The zero-order valence-electron chi connectivity index (χ0n) is 11.7. The average molecular weight is 298 g/mol. The Morgan fingerprint density at radius 3 is 3.00 bits per heavy atom. The number of benzene rings is 1. The Labute approximate surface area is 124 Å². The maximum absolute atomic E-state index is 13.5. The Morgan fingerprint density at radius 1 is 1.45 bits per heavy atom. The van der Waals surface area contributed by atoms with Crippen LogP contribution in [0.25, 0.3) is 0 Å². The quantitative estimate of drug-likeness (QED) is 0.440. The number of halogens is 1. The van der Waals surface area contributed by atoms with Crippen LogP contribution in [0.1, 0.15) is 32.1 Å². The maximum Gasteiger partial charge on any atom is 0.136 e. The summed E-state index contributed by atoms with van der Waals surface area (Å²) in [5, 5.41) is 0. The number of thioether (sulfide) groups is 1. The van der Waals surface area contributed by atoms with Crippen LogP contribution in [0, 0.1) is 5.82 Å². The molecule has 2 unspecified atom stereocenters. The molecule has 112 valence electrons. The van der Waals surface area contributed by atoms with Gasteiger partial charge < -0.3 is 4.74 Å². The second-order valence-corrected chi connectivity index (χ2v) is 6.23. The molecule has 5 heteroatoms. The fourth-order valence-electron chi connectivity index (χ4n) is 2.43. The lowest BCUT2D eigenvalue weighted by atomic mass is 10.1. The Kier molecular flexibility index (Phi) is 6.79. The van der Waals surface area contributed by atoms with Gasteiger partial charge in [0.2, 0.25) is 0 Å². The smallest absolute Gasteiger partial charge is 0.136 e. The molecule has 0 saturated carbocycles. The number of hydrazine groups is 1. The average Bonchev–Trinajstić information content (AvgIpc) is 2.97. The zero-order valence-corrected chi connectivity index (χ0v) is 12.5. The molecule has 1 aromatic carbocycles. The van der Waals surface area contributed by atoms with E-state index in [1.165, 1.54) is 30.7 Å². The Hall–Kier alpha value is -0.620. The lowest BCUT2D eigenvalue weighted by molar-refractivity contribution is 0.101. The van der Waals surface area contributed by atoms with Crippen molar-refractivity contribution in [3.63, 3.8) is 0 Å². The molecule has 1 aliphatic heterocycles. The standard InChI is InChI=1S/C15H23FN2OS/c16-14-8-1-2-9-15(14)20-11-12(18-17)5-3-6-13-7-4-10-19-13/h1-2,8-9,12-13,18H,3-7,10-11,17H2. The van der Waals surface area contributed by atoms with Crippen molar-refractivity contribution in [3.05, 3.63) is 30.1 Å². The van der Waals surface area contributed by atoms with Crippen molar-refractivity contribution >= 4 is 11.8 Å². The fourth-order valence-corrected chi connectivity index (χ4v) is 3.46. The first-order valence-electron chi connectivity index (χ1n) is 7.24. The van der Waals surface area contributed by atoms with Crippen LogP contribution in [0.2, 0.25) is 0 Å². The summed E-state index contributed by atoms with van der Waals surface area (Å²) in [6, 6.07) is 7.07. The lowest BCUT2D eigenvalue weighted by Crippen LogP contribution is -2.37. The van der Waals surface area contributed by atoms with Crippen molar-refractivity contribution in [3.8, 4) is 0 Å². The van der Waals surface area contributed by atoms with Gasteiger partial charge in [-0.05, 0) is 44.2 Å². The van der Waals surface area contributed by atoms with Gasteiger partial charge in [-0.15, -0.1) is 11.8 Å². The summed E-state index contributed by atoms with van der Waals surface area (Å²) < 4.78 is 19.1. The number of nitrogens with one attached hydrogen (secondary N) is 1. The molecule has 0 radical (unpaired) electrons. The predicted octanol–water partition coefficient (Wildman–Crippen LogP) is 3.10. The van der Waals surface area contributed by atoms with Crippen LogP contribution < -0.4 is 11.3 Å². The van der Waals surface area contributed by atoms with Gasteiger partial charge in [0, 0.05) is 23.3 Å². The van der Waals surface area contributed by atoms with Gasteiger partial charge in [-0.2, -0.15) is 0 Å². The second kappa shape index (κ2) is 8.62. The molecule has 3 nitrogen and oxygen atoms in total. The van der Waals surface area contributed by atoms with Crippen LogP contribution in [-0.2, 0) is 4.74 Å². The summed E-state index contributed by atoms with van der Waals surface area (Å²) >= 11 is 1.51. The van der Waals surface area contributed by atoms with Crippen LogP contribution >= 0.6 is 11.8 Å². The first-order valence-corrected chi connectivity index (χ1v) is 8.23. The van der Waals surface area contributed by atoms with Crippen LogP contribution in [0.4, 0.5) is 4.39 Å². The molecule has 1 saturated heterocycles. The molecule has 20 heavy (non-hydrogen) atoms. The van der Waals surface area contributed by atoms with E-state index in [0.29, 0.717) is 11.0 Å². The number of nitrogens with two attached hydrogens (primary N) is 1. The predicted molar refractivity (Wildman–Crippen MR) is 81.1 cm³/mol. The van der Waals surface area contributed by atoms with E-state index in [1.54, 1.807) is 12.1 Å². The van der Waals surface area contributed by atoms with Gasteiger partial charge >= 0.3 is 0 Å². The molecule has 2 rings (SSSR count). The summed E-state index contributed by atoms with van der Waals surface area (Å²) in [5.74, 6) is 6.20. The highest BCUT2D eigenvalue weighted by Crippen LogP contribution is 2.23. The number of hydrogen-bond donors (Lipinski definition) is 2. The van der Waals surface area contributed by atoms with Gasteiger partial charge in [-0.1, -0.05) is 12.1 Å². The molecule has 0 aromatic heterocycles. The van der Waals surface area contributed by atoms with Gasteiger partial charge in [-0.3, -0.25) is 11.3 Å². The van der Waals surface area contributed by atoms with Gasteiger partial charge in [0.15, 0.2) is 0 Å². The van der Waals surface area contributed by atoms with E-state index >= 15 is 0 Å². The van der Waals surface area contributed by atoms with Crippen molar-refractivity contribution in [1.82, 2.24) is 5.43 Å². The number of rotatable bonds is 8. The summed E-state index contributed by atoms with van der Waals surface area (Å²) in [6.07, 6.45) is 6.00. The summed E-state index contributed by atoms with van der Waals surface area (Å²) in [7, 11) is 0. The first-order chi connectivity index (χ1) is 9.79. The van der Waals surface area contributed by atoms with Crippen molar-refractivity contribution in [2.45, 2.75) is 49.1 Å². The van der Waals surface area contributed by atoms with E-state index < -0.39 is 0 Å². The van der Waals surface area contributed by atoms with Crippen LogP contribution in [0.5, 0.6) is 0 Å². The van der Waals surface area contributed by atoms with E-state index in [9.17, 15) is 4.39 Å². The molecule has 0 amide bonds. The molecule has 2 atom stereocenters. The van der Waals surface area contributed by atoms with E-state index in [2.05, 4.69) is 5.43 Å². The molecule has 0 spiro atoms. The van der Waals surface area contributed by atoms with E-state index in [-0.39, 0.29) is 11.9 Å². The van der Waals surface area contributed by atoms with Crippen LogP contribution in [0.3, 0.4) is 0 Å². The Bertz CT molecular complexity index is 399. The molecule has 0 aliphatic carbocycles. The zero-order chi connectivity index (χ0) is 14.2. The largest absolute Gasteiger partial charge is 0.378 e. The maximum atomic E-state index is 13.5. The van der Waals surface area contributed by atoms with Gasteiger partial charge in [0.25, 0.3) is 0 Å². The molecular formula is C15H23FN2OS. The van der Waals surface area contributed by atoms with Crippen LogP contribution in [0.15, 0.2) is 29.2 Å². The van der Waals surface area contributed by atoms with Crippen molar-refractivity contribution in [2.24, 2.45) is 5.84 Å². The van der Waals surface area contributed by atoms with Gasteiger partial charge in [0.1, 0.15) is 5.82 Å². The summed E-state index contributed by atoms with van der Waals surface area (Å²) in [4.78, 5) is 0.687. The highest BCUT2D eigenvalue weighted by atomic mass is 32.2.